The first-order valence-electron chi connectivity index (χ1n) is 10.3. The summed E-state index contributed by atoms with van der Waals surface area (Å²) >= 11 is 0. The third-order valence-electron chi connectivity index (χ3n) is 6.50. The Bertz CT molecular complexity index is 669. The molecule has 3 N–H and O–H groups in total. The molecule has 5 nitrogen and oxygen atoms in total. The number of carbonyl (C=O) groups is 2. The van der Waals surface area contributed by atoms with E-state index in [0.717, 1.165) is 17.5 Å². The molecule has 1 aliphatic carbocycles. The molecule has 0 bridgehead atoms. The molecule has 0 radical (unpaired) electrons. The van der Waals surface area contributed by atoms with E-state index in [1.165, 1.54) is 32.1 Å². The van der Waals surface area contributed by atoms with Crippen LogP contribution in [0, 0.1) is 18.8 Å². The largest absolute Gasteiger partial charge is 0.357 e. The summed E-state index contributed by atoms with van der Waals surface area (Å²) in [7, 11) is 1.65. The normalized spacial score (nSPS) is 24.6. The van der Waals surface area contributed by atoms with Crippen LogP contribution in [0.25, 0.3) is 0 Å². The van der Waals surface area contributed by atoms with Crippen molar-refractivity contribution in [3.8, 4) is 0 Å². The van der Waals surface area contributed by atoms with Crippen LogP contribution in [-0.2, 0) is 9.59 Å². The van der Waals surface area contributed by atoms with Crippen molar-refractivity contribution in [2.75, 3.05) is 13.6 Å². The molecule has 1 saturated carbocycles. The highest BCUT2D eigenvalue weighted by molar-refractivity contribution is 5.88. The van der Waals surface area contributed by atoms with E-state index >= 15 is 0 Å². The number of hydrogen-bond donors (Lipinski definition) is 2. The molecule has 1 aromatic rings. The van der Waals surface area contributed by atoms with Crippen LogP contribution in [-0.4, -0.2) is 36.3 Å². The molecule has 3 rings (SSSR count). The maximum atomic E-state index is 13.1. The lowest BCUT2D eigenvalue weighted by atomic mass is 9.79. The molecule has 148 valence electrons. The van der Waals surface area contributed by atoms with Crippen molar-refractivity contribution in [3.63, 3.8) is 0 Å². The first-order valence-corrected chi connectivity index (χ1v) is 10.3. The van der Waals surface area contributed by atoms with Gasteiger partial charge in [-0.05, 0) is 36.3 Å². The number of benzene rings is 1. The Kier molecular flexibility index (Phi) is 6.53. The number of nitrogens with one attached hydrogen (secondary N) is 1. The maximum Gasteiger partial charge on any atom is 0.242 e. The molecule has 2 amide bonds. The van der Waals surface area contributed by atoms with Gasteiger partial charge in [-0.3, -0.25) is 9.59 Å². The van der Waals surface area contributed by atoms with Crippen LogP contribution >= 0.6 is 0 Å². The summed E-state index contributed by atoms with van der Waals surface area (Å²) in [6, 6.07) is 7.25. The van der Waals surface area contributed by atoms with Gasteiger partial charge in [-0.2, -0.15) is 0 Å². The van der Waals surface area contributed by atoms with Crippen LogP contribution in [0.3, 0.4) is 0 Å². The molecule has 2 aliphatic rings. The number of carbonyl (C=O) groups excluding carboxylic acids is 2. The predicted octanol–water partition coefficient (Wildman–Crippen LogP) is 2.93. The van der Waals surface area contributed by atoms with E-state index in [4.69, 9.17) is 5.73 Å². The number of amides is 2. The molecular formula is C22H33N3O2. The quantitative estimate of drug-likeness (QED) is 0.836. The number of likely N-dealkylation sites (N-methyl/N-ethyl adjacent to an activating group) is 1. The Hall–Kier alpha value is -1.88. The van der Waals surface area contributed by atoms with Crippen LogP contribution in [0.5, 0.6) is 0 Å². The average Bonchev–Trinajstić information content (AvgIpc) is 3.14. The predicted molar refractivity (Wildman–Crippen MR) is 107 cm³/mol. The van der Waals surface area contributed by atoms with Gasteiger partial charge in [0.1, 0.15) is 6.04 Å². The summed E-state index contributed by atoms with van der Waals surface area (Å²) in [6.45, 7) is 2.71. The third kappa shape index (κ3) is 4.52. The number of hydrogen-bond acceptors (Lipinski definition) is 3. The molecule has 5 heteroatoms. The lowest BCUT2D eigenvalue weighted by molar-refractivity contribution is -0.138. The fraction of sp³-hybridized carbons (Fsp3) is 0.636. The minimum atomic E-state index is -0.349. The number of nitrogens with two attached hydrogens (primary N) is 1. The summed E-state index contributed by atoms with van der Waals surface area (Å²) < 4.78 is 0. The zero-order valence-electron chi connectivity index (χ0n) is 16.6. The zero-order chi connectivity index (χ0) is 19.4. The second kappa shape index (κ2) is 8.87. The van der Waals surface area contributed by atoms with Crippen LogP contribution in [0.1, 0.15) is 62.1 Å². The molecule has 27 heavy (non-hydrogen) atoms. The topological polar surface area (TPSA) is 75.4 Å². The number of likely N-dealkylation sites (tertiary alicyclic amines) is 1. The minimum Gasteiger partial charge on any atom is -0.357 e. The second-order valence-corrected chi connectivity index (χ2v) is 8.24. The molecule has 1 saturated heterocycles. The highest BCUT2D eigenvalue weighted by Crippen LogP contribution is 2.38. The van der Waals surface area contributed by atoms with Gasteiger partial charge in [0, 0.05) is 26.1 Å². The summed E-state index contributed by atoms with van der Waals surface area (Å²) in [4.78, 5) is 27.3. The Morgan fingerprint density at radius 3 is 2.56 bits per heavy atom. The molecule has 1 aromatic carbocycles. The van der Waals surface area contributed by atoms with Crippen LogP contribution < -0.4 is 11.1 Å². The van der Waals surface area contributed by atoms with E-state index in [1.54, 1.807) is 11.9 Å². The molecule has 1 aliphatic heterocycles. The highest BCUT2D eigenvalue weighted by atomic mass is 16.2. The molecule has 1 heterocycles. The van der Waals surface area contributed by atoms with Crippen molar-refractivity contribution < 1.29 is 9.59 Å². The Labute approximate surface area is 162 Å². The van der Waals surface area contributed by atoms with Gasteiger partial charge in [-0.1, -0.05) is 56.4 Å². The minimum absolute atomic E-state index is 0.00216. The zero-order valence-corrected chi connectivity index (χ0v) is 16.6. The van der Waals surface area contributed by atoms with E-state index in [-0.39, 0.29) is 30.3 Å². The third-order valence-corrected chi connectivity index (χ3v) is 6.50. The van der Waals surface area contributed by atoms with Gasteiger partial charge in [0.2, 0.25) is 11.8 Å². The van der Waals surface area contributed by atoms with E-state index in [0.29, 0.717) is 18.4 Å². The van der Waals surface area contributed by atoms with Gasteiger partial charge >= 0.3 is 0 Å². The van der Waals surface area contributed by atoms with Crippen molar-refractivity contribution in [2.24, 2.45) is 17.6 Å². The molecule has 2 fully saturated rings. The van der Waals surface area contributed by atoms with Crippen molar-refractivity contribution in [3.05, 3.63) is 35.4 Å². The Morgan fingerprint density at radius 2 is 1.89 bits per heavy atom. The van der Waals surface area contributed by atoms with E-state index in [9.17, 15) is 9.59 Å². The first-order chi connectivity index (χ1) is 13.0. The van der Waals surface area contributed by atoms with Gasteiger partial charge in [-0.25, -0.2) is 0 Å². The molecule has 0 spiro atoms. The van der Waals surface area contributed by atoms with Gasteiger partial charge < -0.3 is 16.0 Å². The molecule has 0 aromatic heterocycles. The van der Waals surface area contributed by atoms with E-state index in [2.05, 4.69) is 5.32 Å². The average molecular weight is 372 g/mol. The SMILES string of the molecule is CNC(=O)[C@@H]1CC(C2CCCCC2)CN1C(=O)C[C@H](N)c1ccccc1C. The van der Waals surface area contributed by atoms with Crippen molar-refractivity contribution in [2.45, 2.75) is 64.0 Å². The summed E-state index contributed by atoms with van der Waals surface area (Å²) in [5.74, 6) is 1.03. The highest BCUT2D eigenvalue weighted by Gasteiger charge is 2.42. The van der Waals surface area contributed by atoms with Gasteiger partial charge in [-0.15, -0.1) is 0 Å². The van der Waals surface area contributed by atoms with Crippen LogP contribution in [0.15, 0.2) is 24.3 Å². The molecule has 3 atom stereocenters. The van der Waals surface area contributed by atoms with Gasteiger partial charge in [0.25, 0.3) is 0 Å². The summed E-state index contributed by atoms with van der Waals surface area (Å²) in [5, 5.41) is 2.75. The number of nitrogens with zero attached hydrogens (tertiary/aromatic N) is 1. The Morgan fingerprint density at radius 1 is 1.19 bits per heavy atom. The van der Waals surface area contributed by atoms with Crippen LogP contribution in [0.4, 0.5) is 0 Å². The molecular weight excluding hydrogens is 338 g/mol. The lowest BCUT2D eigenvalue weighted by Crippen LogP contribution is -2.45. The number of rotatable bonds is 5. The standard InChI is InChI=1S/C22H33N3O2/c1-15-8-6-7-11-18(15)19(23)13-21(26)25-14-17(12-20(25)22(27)24-2)16-9-4-3-5-10-16/h6-8,11,16-17,19-20H,3-5,9-10,12-14,23H2,1-2H3,(H,24,27)/t17?,19-,20-/m0/s1. The van der Waals surface area contributed by atoms with E-state index in [1.807, 2.05) is 31.2 Å². The van der Waals surface area contributed by atoms with Gasteiger partial charge in [0.05, 0.1) is 0 Å². The Balaban J connectivity index is 1.70. The number of aryl methyl sites for hydroxylation is 1. The smallest absolute Gasteiger partial charge is 0.242 e. The summed E-state index contributed by atoms with van der Waals surface area (Å²) in [5.41, 5.74) is 8.45. The van der Waals surface area contributed by atoms with Gasteiger partial charge in [0.15, 0.2) is 0 Å². The fourth-order valence-corrected chi connectivity index (χ4v) is 4.92. The first kappa shape index (κ1) is 19.9. The lowest BCUT2D eigenvalue weighted by Gasteiger charge is -2.28. The molecule has 1 unspecified atom stereocenters. The van der Waals surface area contributed by atoms with E-state index < -0.39 is 0 Å². The van der Waals surface area contributed by atoms with Crippen molar-refractivity contribution in [1.29, 1.82) is 0 Å². The fourth-order valence-electron chi connectivity index (χ4n) is 4.92. The maximum absolute atomic E-state index is 13.1. The van der Waals surface area contributed by atoms with Crippen molar-refractivity contribution in [1.82, 2.24) is 10.2 Å². The summed E-state index contributed by atoms with van der Waals surface area (Å²) in [6.07, 6.45) is 7.36. The monoisotopic (exact) mass is 371 g/mol. The second-order valence-electron chi connectivity index (χ2n) is 8.24. The van der Waals surface area contributed by atoms with Crippen LogP contribution in [0.2, 0.25) is 0 Å². The van der Waals surface area contributed by atoms with Crippen molar-refractivity contribution >= 4 is 11.8 Å².